The van der Waals surface area contributed by atoms with E-state index in [1.165, 1.54) is 17.0 Å². The Balaban J connectivity index is 1.71. The molecular formula is C19H24N4OS. The second kappa shape index (κ2) is 6.77. The fourth-order valence-corrected chi connectivity index (χ4v) is 4.32. The molecule has 2 aromatic heterocycles. The molecule has 0 amide bonds. The molecule has 0 radical (unpaired) electrons. The number of H-pyrrole nitrogens is 1. The minimum absolute atomic E-state index is 0.0454. The second-order valence-electron chi connectivity index (χ2n) is 6.95. The summed E-state index contributed by atoms with van der Waals surface area (Å²) in [5, 5.41) is 4.29. The lowest BCUT2D eigenvalue weighted by Crippen LogP contribution is -2.36. The van der Waals surface area contributed by atoms with Gasteiger partial charge >= 0.3 is 0 Å². The molecule has 0 spiro atoms. The summed E-state index contributed by atoms with van der Waals surface area (Å²) >= 11 is 5.70. The Kier molecular flexibility index (Phi) is 4.48. The van der Waals surface area contributed by atoms with E-state index in [-0.39, 0.29) is 18.2 Å². The predicted molar refractivity (Wildman–Crippen MR) is 101 cm³/mol. The summed E-state index contributed by atoms with van der Waals surface area (Å²) in [6.45, 7) is 5.90. The van der Waals surface area contributed by atoms with E-state index in [1.807, 2.05) is 18.3 Å². The summed E-state index contributed by atoms with van der Waals surface area (Å²) in [6.07, 6.45) is 4.33. The molecule has 2 fully saturated rings. The van der Waals surface area contributed by atoms with Crippen molar-refractivity contribution in [2.45, 2.75) is 44.9 Å². The normalized spacial score (nSPS) is 26.2. The van der Waals surface area contributed by atoms with E-state index in [9.17, 15) is 0 Å². The molecule has 2 saturated heterocycles. The molecule has 2 aromatic rings. The second-order valence-corrected chi connectivity index (χ2v) is 7.33. The topological polar surface area (TPSA) is 53.2 Å². The number of aromatic amines is 1. The van der Waals surface area contributed by atoms with Gasteiger partial charge in [-0.2, -0.15) is 0 Å². The van der Waals surface area contributed by atoms with Gasteiger partial charge in [0.05, 0.1) is 23.9 Å². The Labute approximate surface area is 153 Å². The maximum absolute atomic E-state index is 5.87. The number of aromatic nitrogens is 2. The Hall–Kier alpha value is -1.92. The zero-order valence-corrected chi connectivity index (χ0v) is 15.5. The van der Waals surface area contributed by atoms with Crippen molar-refractivity contribution in [3.63, 3.8) is 0 Å². The van der Waals surface area contributed by atoms with Gasteiger partial charge in [0.15, 0.2) is 5.11 Å². The summed E-state index contributed by atoms with van der Waals surface area (Å²) in [5.41, 5.74) is 4.65. The molecule has 5 nitrogen and oxygen atoms in total. The van der Waals surface area contributed by atoms with Crippen molar-refractivity contribution in [1.82, 2.24) is 20.2 Å². The van der Waals surface area contributed by atoms with Crippen LogP contribution in [0.25, 0.3) is 0 Å². The fraction of sp³-hybridized carbons (Fsp3) is 0.474. The average Bonchev–Trinajstić information content (AvgIpc) is 3.30. The third kappa shape index (κ3) is 3.16. The third-order valence-electron chi connectivity index (χ3n) is 5.13. The zero-order valence-electron chi connectivity index (χ0n) is 14.7. The number of thiocarbonyl (C=S) groups is 1. The number of aryl methyl sites for hydroxylation is 2. The van der Waals surface area contributed by atoms with E-state index in [0.717, 1.165) is 36.8 Å². The Morgan fingerprint density at radius 3 is 2.88 bits per heavy atom. The number of pyridine rings is 1. The van der Waals surface area contributed by atoms with Crippen LogP contribution in [-0.4, -0.2) is 39.2 Å². The van der Waals surface area contributed by atoms with Crippen LogP contribution >= 0.6 is 12.2 Å². The van der Waals surface area contributed by atoms with E-state index in [2.05, 4.69) is 46.2 Å². The summed E-state index contributed by atoms with van der Waals surface area (Å²) < 4.78 is 5.87. The number of nitrogens with one attached hydrogen (secondary N) is 2. The third-order valence-corrected chi connectivity index (χ3v) is 5.48. The molecule has 2 aliphatic rings. The summed E-state index contributed by atoms with van der Waals surface area (Å²) in [6, 6.07) is 8.44. The molecule has 0 aromatic carbocycles. The van der Waals surface area contributed by atoms with Crippen LogP contribution < -0.4 is 5.32 Å². The Bertz CT molecular complexity index is 754. The minimum Gasteiger partial charge on any atom is -0.376 e. The molecule has 2 aliphatic heterocycles. The van der Waals surface area contributed by atoms with Crippen molar-refractivity contribution in [3.05, 3.63) is 53.1 Å². The van der Waals surface area contributed by atoms with E-state index >= 15 is 0 Å². The minimum atomic E-state index is 0.0454. The van der Waals surface area contributed by atoms with Crippen molar-refractivity contribution in [2.24, 2.45) is 0 Å². The molecular weight excluding hydrogens is 332 g/mol. The molecule has 0 bridgehead atoms. The van der Waals surface area contributed by atoms with E-state index in [1.54, 1.807) is 0 Å². The summed E-state index contributed by atoms with van der Waals surface area (Å²) in [7, 11) is 0. The highest BCUT2D eigenvalue weighted by atomic mass is 32.1. The van der Waals surface area contributed by atoms with Crippen molar-refractivity contribution in [1.29, 1.82) is 0 Å². The van der Waals surface area contributed by atoms with Gasteiger partial charge in [-0.15, -0.1) is 0 Å². The lowest BCUT2D eigenvalue weighted by Gasteiger charge is -2.29. The van der Waals surface area contributed by atoms with Crippen LogP contribution in [0.2, 0.25) is 0 Å². The molecule has 4 rings (SSSR count). The van der Waals surface area contributed by atoms with E-state index in [4.69, 9.17) is 17.0 Å². The number of rotatable bonds is 4. The van der Waals surface area contributed by atoms with Crippen LogP contribution in [0.5, 0.6) is 0 Å². The van der Waals surface area contributed by atoms with Crippen molar-refractivity contribution < 1.29 is 4.74 Å². The fourth-order valence-electron chi connectivity index (χ4n) is 4.00. The van der Waals surface area contributed by atoms with Crippen molar-refractivity contribution in [2.75, 3.05) is 13.2 Å². The van der Waals surface area contributed by atoms with Gasteiger partial charge in [0.2, 0.25) is 0 Å². The molecule has 0 aliphatic carbocycles. The van der Waals surface area contributed by atoms with E-state index < -0.39 is 0 Å². The number of ether oxygens (including phenoxy) is 1. The van der Waals surface area contributed by atoms with Crippen LogP contribution in [0, 0.1) is 13.8 Å². The smallest absolute Gasteiger partial charge is 0.170 e. The maximum atomic E-state index is 5.87. The van der Waals surface area contributed by atoms with Gasteiger partial charge in [-0.25, -0.2) is 0 Å². The van der Waals surface area contributed by atoms with Gasteiger partial charge < -0.3 is 19.9 Å². The maximum Gasteiger partial charge on any atom is 0.170 e. The van der Waals surface area contributed by atoms with Gasteiger partial charge in [0.1, 0.15) is 0 Å². The molecule has 3 atom stereocenters. The number of hydrogen-bond donors (Lipinski definition) is 2. The van der Waals surface area contributed by atoms with Gasteiger partial charge in [-0.1, -0.05) is 6.07 Å². The predicted octanol–water partition coefficient (Wildman–Crippen LogP) is 3.18. The largest absolute Gasteiger partial charge is 0.376 e. The first-order chi connectivity index (χ1) is 12.1. The Morgan fingerprint density at radius 2 is 2.24 bits per heavy atom. The van der Waals surface area contributed by atoms with Crippen LogP contribution in [0.3, 0.4) is 0 Å². The highest BCUT2D eigenvalue weighted by molar-refractivity contribution is 7.80. The van der Waals surface area contributed by atoms with Gasteiger partial charge in [-0.05, 0) is 62.7 Å². The first-order valence-corrected chi connectivity index (χ1v) is 9.30. The van der Waals surface area contributed by atoms with Gasteiger partial charge in [-0.3, -0.25) is 4.98 Å². The molecule has 132 valence electrons. The molecule has 25 heavy (non-hydrogen) atoms. The highest BCUT2D eigenvalue weighted by Crippen LogP contribution is 2.40. The monoisotopic (exact) mass is 356 g/mol. The van der Waals surface area contributed by atoms with Crippen LogP contribution in [0.4, 0.5) is 0 Å². The number of nitrogens with zero attached hydrogens (tertiary/aromatic N) is 2. The van der Waals surface area contributed by atoms with Gasteiger partial charge in [0, 0.05) is 30.7 Å². The molecule has 6 heteroatoms. The summed E-state index contributed by atoms with van der Waals surface area (Å²) in [5.74, 6) is 0. The standard InChI is InChI=1S/C19H24N4OS/c1-12-10-15(13(2)21-12)18-17(16-7-3-4-8-20-16)22-19(25)23(18)11-14-6-5-9-24-14/h3-4,7-8,10,14,17-18,21H,5-6,9,11H2,1-2H3,(H,22,25). The lowest BCUT2D eigenvalue weighted by atomic mass is 9.96. The average molecular weight is 356 g/mol. The number of hydrogen-bond acceptors (Lipinski definition) is 3. The molecule has 4 heterocycles. The zero-order chi connectivity index (χ0) is 17.4. The van der Waals surface area contributed by atoms with Gasteiger partial charge in [0.25, 0.3) is 0 Å². The van der Waals surface area contributed by atoms with Crippen LogP contribution in [0.1, 0.15) is 47.6 Å². The van der Waals surface area contributed by atoms with Crippen LogP contribution in [0.15, 0.2) is 30.5 Å². The Morgan fingerprint density at radius 1 is 1.36 bits per heavy atom. The highest BCUT2D eigenvalue weighted by Gasteiger charge is 2.42. The molecule has 3 unspecified atom stereocenters. The molecule has 2 N–H and O–H groups in total. The van der Waals surface area contributed by atoms with Crippen LogP contribution in [-0.2, 0) is 4.74 Å². The van der Waals surface area contributed by atoms with E-state index in [0.29, 0.717) is 0 Å². The van der Waals surface area contributed by atoms with Crippen molar-refractivity contribution >= 4 is 17.3 Å². The SMILES string of the molecule is Cc1cc(C2C(c3ccccn3)NC(=S)N2CC2CCCO2)c(C)[nH]1. The lowest BCUT2D eigenvalue weighted by molar-refractivity contribution is 0.0842. The molecule has 0 saturated carbocycles. The summed E-state index contributed by atoms with van der Waals surface area (Å²) in [4.78, 5) is 10.3. The first-order valence-electron chi connectivity index (χ1n) is 8.89. The first kappa shape index (κ1) is 16.5. The van der Waals surface area contributed by atoms with Crippen molar-refractivity contribution in [3.8, 4) is 0 Å². The quantitative estimate of drug-likeness (QED) is 0.824.